The number of carbonyl (C=O) groups is 1. The van der Waals surface area contributed by atoms with Crippen molar-refractivity contribution < 1.29 is 23.4 Å². The highest BCUT2D eigenvalue weighted by Crippen LogP contribution is 2.37. The van der Waals surface area contributed by atoms with Crippen LogP contribution in [0, 0.1) is 11.7 Å². The predicted molar refractivity (Wildman–Crippen MR) is 144 cm³/mol. The fourth-order valence-corrected chi connectivity index (χ4v) is 5.45. The molecule has 1 aliphatic carbocycles. The molecular weight excluding hydrogens is 511 g/mol. The third-order valence-electron chi connectivity index (χ3n) is 7.51. The number of rotatable bonds is 7. The number of anilines is 2. The molecule has 202 valence electrons. The normalized spacial score (nSPS) is 20.2. The molecule has 2 aliphatic rings. The van der Waals surface area contributed by atoms with E-state index < -0.39 is 5.82 Å². The fraction of sp³-hybridized carbons (Fsp3) is 0.464. The molecule has 1 amide bonds. The van der Waals surface area contributed by atoms with Crippen LogP contribution in [0.3, 0.4) is 0 Å². The second-order valence-corrected chi connectivity index (χ2v) is 10.3. The van der Waals surface area contributed by atoms with Gasteiger partial charge < -0.3 is 24.4 Å². The topological polar surface area (TPSA) is 85.8 Å². The van der Waals surface area contributed by atoms with E-state index in [-0.39, 0.29) is 29.0 Å². The molecule has 2 fully saturated rings. The lowest BCUT2D eigenvalue weighted by molar-refractivity contribution is -0.140. The molecular formula is C28H32ClFN4O4. The first kappa shape index (κ1) is 26.4. The Labute approximate surface area is 226 Å². The van der Waals surface area contributed by atoms with Gasteiger partial charge in [-0.25, -0.2) is 14.4 Å². The Balaban J connectivity index is 1.28. The fourth-order valence-electron chi connectivity index (χ4n) is 5.27. The predicted octanol–water partition coefficient (Wildman–Crippen LogP) is 5.75. The summed E-state index contributed by atoms with van der Waals surface area (Å²) in [5, 5.41) is 3.95. The smallest absolute Gasteiger partial charge is 0.225 e. The van der Waals surface area contributed by atoms with E-state index in [0.29, 0.717) is 41.7 Å². The molecule has 1 saturated carbocycles. The minimum atomic E-state index is -0.487. The SMILES string of the molecule is COc1cc2ncnc(Nc3ccc(F)c(Cl)c3)c2cc1O[C@H]1CC[C@@H](N(C)C(=O)C2CCOCC2)CC1. The first-order chi connectivity index (χ1) is 18.4. The Kier molecular flexibility index (Phi) is 8.14. The van der Waals surface area contributed by atoms with Crippen LogP contribution in [0.5, 0.6) is 11.5 Å². The highest BCUT2D eigenvalue weighted by molar-refractivity contribution is 6.31. The summed E-state index contributed by atoms with van der Waals surface area (Å²) in [6, 6.07) is 8.31. The molecule has 10 heteroatoms. The first-order valence-electron chi connectivity index (χ1n) is 13.0. The number of halogens is 2. The van der Waals surface area contributed by atoms with Crippen LogP contribution in [0.1, 0.15) is 38.5 Å². The van der Waals surface area contributed by atoms with E-state index in [4.69, 9.17) is 25.8 Å². The molecule has 0 unspecified atom stereocenters. The third kappa shape index (κ3) is 5.78. The van der Waals surface area contributed by atoms with Crippen molar-refractivity contribution in [1.82, 2.24) is 14.9 Å². The standard InChI is InChI=1S/C28H32ClFN4O4/c1-34(28(35)17-9-11-37-12-10-17)19-4-6-20(7-5-19)38-26-14-21-24(15-25(26)36-2)31-16-32-27(21)33-18-3-8-23(30)22(29)13-18/h3,8,13-17,19-20H,4-7,9-12H2,1-2H3,(H,31,32,33)/t19-,20+. The van der Waals surface area contributed by atoms with E-state index in [1.165, 1.54) is 18.5 Å². The maximum Gasteiger partial charge on any atom is 0.225 e. The van der Waals surface area contributed by atoms with Crippen LogP contribution in [0.15, 0.2) is 36.7 Å². The Morgan fingerprint density at radius 3 is 2.55 bits per heavy atom. The Hall–Kier alpha value is -3.17. The molecule has 5 rings (SSSR count). The number of ether oxygens (including phenoxy) is 3. The molecule has 1 aromatic heterocycles. The number of methoxy groups -OCH3 is 1. The van der Waals surface area contributed by atoms with Gasteiger partial charge >= 0.3 is 0 Å². The Morgan fingerprint density at radius 1 is 1.08 bits per heavy atom. The van der Waals surface area contributed by atoms with Gasteiger partial charge in [0.25, 0.3) is 0 Å². The molecule has 38 heavy (non-hydrogen) atoms. The number of hydrogen-bond acceptors (Lipinski definition) is 7. The van der Waals surface area contributed by atoms with Gasteiger partial charge in [0.15, 0.2) is 11.5 Å². The van der Waals surface area contributed by atoms with Gasteiger partial charge in [-0.3, -0.25) is 4.79 Å². The van der Waals surface area contributed by atoms with Crippen molar-refractivity contribution in [3.05, 3.63) is 47.5 Å². The summed E-state index contributed by atoms with van der Waals surface area (Å²) in [6.07, 6.45) is 6.50. The van der Waals surface area contributed by atoms with Crippen molar-refractivity contribution >= 4 is 39.9 Å². The minimum Gasteiger partial charge on any atom is -0.493 e. The van der Waals surface area contributed by atoms with Crippen LogP contribution in [0.4, 0.5) is 15.9 Å². The van der Waals surface area contributed by atoms with Crippen molar-refractivity contribution in [2.24, 2.45) is 5.92 Å². The zero-order chi connectivity index (χ0) is 26.6. The number of nitrogens with one attached hydrogen (secondary N) is 1. The summed E-state index contributed by atoms with van der Waals surface area (Å²) < 4.78 is 31.1. The summed E-state index contributed by atoms with van der Waals surface area (Å²) in [5.74, 6) is 1.55. The van der Waals surface area contributed by atoms with Crippen LogP contribution in [0.2, 0.25) is 5.02 Å². The maximum atomic E-state index is 13.6. The van der Waals surface area contributed by atoms with Gasteiger partial charge in [-0.15, -0.1) is 0 Å². The lowest BCUT2D eigenvalue weighted by Crippen LogP contribution is -2.44. The summed E-state index contributed by atoms with van der Waals surface area (Å²) in [7, 11) is 3.53. The molecule has 1 saturated heterocycles. The van der Waals surface area contributed by atoms with Gasteiger partial charge in [0.1, 0.15) is 18.0 Å². The summed E-state index contributed by atoms with van der Waals surface area (Å²) >= 11 is 5.95. The summed E-state index contributed by atoms with van der Waals surface area (Å²) in [4.78, 5) is 23.7. The zero-order valence-electron chi connectivity index (χ0n) is 21.6. The maximum absolute atomic E-state index is 13.6. The van der Waals surface area contributed by atoms with Gasteiger partial charge in [-0.2, -0.15) is 0 Å². The second kappa shape index (κ2) is 11.7. The lowest BCUT2D eigenvalue weighted by atomic mass is 9.90. The molecule has 2 aromatic carbocycles. The molecule has 0 spiro atoms. The third-order valence-corrected chi connectivity index (χ3v) is 7.80. The van der Waals surface area contributed by atoms with Crippen molar-refractivity contribution in [2.75, 3.05) is 32.7 Å². The van der Waals surface area contributed by atoms with E-state index >= 15 is 0 Å². The molecule has 0 bridgehead atoms. The molecule has 2 heterocycles. The molecule has 3 aromatic rings. The summed E-state index contributed by atoms with van der Waals surface area (Å²) in [5.41, 5.74) is 1.28. The number of nitrogens with zero attached hydrogens (tertiary/aromatic N) is 3. The number of amides is 1. The number of carbonyl (C=O) groups excluding carboxylic acids is 1. The van der Waals surface area contributed by atoms with Gasteiger partial charge in [0.05, 0.1) is 23.8 Å². The van der Waals surface area contributed by atoms with Gasteiger partial charge in [0, 0.05) is 49.4 Å². The monoisotopic (exact) mass is 542 g/mol. The van der Waals surface area contributed by atoms with Crippen LogP contribution in [0.25, 0.3) is 10.9 Å². The molecule has 0 atom stereocenters. The number of fused-ring (bicyclic) bond motifs is 1. The molecule has 0 radical (unpaired) electrons. The van der Waals surface area contributed by atoms with E-state index in [0.717, 1.165) is 43.9 Å². The molecule has 1 aliphatic heterocycles. The molecule has 1 N–H and O–H groups in total. The highest BCUT2D eigenvalue weighted by Gasteiger charge is 2.32. The van der Waals surface area contributed by atoms with E-state index in [9.17, 15) is 9.18 Å². The number of benzene rings is 2. The first-order valence-corrected chi connectivity index (χ1v) is 13.4. The van der Waals surface area contributed by atoms with Gasteiger partial charge in [-0.05, 0) is 62.8 Å². The molecule has 8 nitrogen and oxygen atoms in total. The highest BCUT2D eigenvalue weighted by atomic mass is 35.5. The van der Waals surface area contributed by atoms with Crippen LogP contribution in [-0.4, -0.2) is 60.3 Å². The minimum absolute atomic E-state index is 0.00104. The average Bonchev–Trinajstić information content (AvgIpc) is 2.95. The lowest BCUT2D eigenvalue weighted by Gasteiger charge is -2.37. The van der Waals surface area contributed by atoms with Gasteiger partial charge in [-0.1, -0.05) is 11.6 Å². The van der Waals surface area contributed by atoms with Gasteiger partial charge in [0.2, 0.25) is 5.91 Å². The quantitative estimate of drug-likeness (QED) is 0.407. The Bertz CT molecular complexity index is 1300. The van der Waals surface area contributed by atoms with Crippen molar-refractivity contribution in [2.45, 2.75) is 50.7 Å². The van der Waals surface area contributed by atoms with Crippen LogP contribution < -0.4 is 14.8 Å². The van der Waals surface area contributed by atoms with E-state index in [1.54, 1.807) is 13.2 Å². The zero-order valence-corrected chi connectivity index (χ0v) is 22.3. The van der Waals surface area contributed by atoms with Crippen molar-refractivity contribution in [3.63, 3.8) is 0 Å². The number of hydrogen-bond donors (Lipinski definition) is 1. The summed E-state index contributed by atoms with van der Waals surface area (Å²) in [6.45, 7) is 1.33. The van der Waals surface area contributed by atoms with Crippen molar-refractivity contribution in [1.29, 1.82) is 0 Å². The number of aromatic nitrogens is 2. The van der Waals surface area contributed by atoms with E-state index in [2.05, 4.69) is 15.3 Å². The second-order valence-electron chi connectivity index (χ2n) is 9.88. The van der Waals surface area contributed by atoms with Crippen LogP contribution >= 0.6 is 11.6 Å². The largest absolute Gasteiger partial charge is 0.493 e. The van der Waals surface area contributed by atoms with Crippen molar-refractivity contribution in [3.8, 4) is 11.5 Å². The Morgan fingerprint density at radius 2 is 1.84 bits per heavy atom. The average molecular weight is 543 g/mol. The van der Waals surface area contributed by atoms with E-state index in [1.807, 2.05) is 24.1 Å². The van der Waals surface area contributed by atoms with Crippen LogP contribution in [-0.2, 0) is 9.53 Å².